The van der Waals surface area contributed by atoms with Gasteiger partial charge in [-0.3, -0.25) is 9.69 Å². The van der Waals surface area contributed by atoms with Crippen molar-refractivity contribution in [3.05, 3.63) is 46.7 Å². The van der Waals surface area contributed by atoms with Crippen LogP contribution in [0.2, 0.25) is 0 Å². The number of nitrogens with zero attached hydrogens (tertiary/aromatic N) is 2. The second-order valence-corrected chi connectivity index (χ2v) is 8.36. The minimum absolute atomic E-state index is 0.0361. The van der Waals surface area contributed by atoms with E-state index in [9.17, 15) is 4.79 Å². The maximum Gasteiger partial charge on any atom is 0.253 e. The van der Waals surface area contributed by atoms with Gasteiger partial charge in [0.15, 0.2) is 5.13 Å². The highest BCUT2D eigenvalue weighted by molar-refractivity contribution is 7.22. The number of amides is 1. The van der Waals surface area contributed by atoms with Gasteiger partial charge in [-0.05, 0) is 49.6 Å². The van der Waals surface area contributed by atoms with Gasteiger partial charge in [0.25, 0.3) is 5.91 Å². The molecule has 5 nitrogen and oxygen atoms in total. The number of aromatic nitrogens is 1. The van der Waals surface area contributed by atoms with Gasteiger partial charge in [-0.25, -0.2) is 4.98 Å². The van der Waals surface area contributed by atoms with Gasteiger partial charge in [-0.1, -0.05) is 17.4 Å². The molecule has 0 saturated carbocycles. The molecule has 0 unspecified atom stereocenters. The summed E-state index contributed by atoms with van der Waals surface area (Å²) >= 11 is 3.14. The number of nitrogens with one attached hydrogen (secondary N) is 1. The molecule has 0 aliphatic rings. The summed E-state index contributed by atoms with van der Waals surface area (Å²) in [6.45, 7) is 7.96. The second-order valence-electron chi connectivity index (χ2n) is 6.38. The fourth-order valence-electron chi connectivity index (χ4n) is 2.94. The third-order valence-electron chi connectivity index (χ3n) is 4.70. The van der Waals surface area contributed by atoms with Crippen molar-refractivity contribution in [3.63, 3.8) is 0 Å². The number of thiophene rings is 1. The van der Waals surface area contributed by atoms with Crippen molar-refractivity contribution in [1.82, 2.24) is 4.98 Å². The molecule has 28 heavy (non-hydrogen) atoms. The molecular weight excluding hydrogens is 390 g/mol. The molecule has 0 aliphatic carbocycles. The Labute approximate surface area is 173 Å². The van der Waals surface area contributed by atoms with Crippen LogP contribution in [0.25, 0.3) is 16.3 Å². The van der Waals surface area contributed by atoms with Crippen molar-refractivity contribution in [1.29, 1.82) is 0 Å². The van der Waals surface area contributed by atoms with Crippen LogP contribution in [-0.2, 0) is 4.79 Å². The van der Waals surface area contributed by atoms with Crippen molar-refractivity contribution in [2.24, 2.45) is 0 Å². The largest absolute Gasteiger partial charge is 0.497 e. The first-order valence-corrected chi connectivity index (χ1v) is 11.2. The molecule has 1 N–H and O–H groups in total. The molecule has 0 aliphatic heterocycles. The van der Waals surface area contributed by atoms with Gasteiger partial charge in [-0.15, -0.1) is 11.3 Å². The number of hydrogen-bond donors (Lipinski definition) is 1. The Morgan fingerprint density at radius 1 is 1.29 bits per heavy atom. The van der Waals surface area contributed by atoms with Crippen LogP contribution < -0.4 is 14.5 Å². The third kappa shape index (κ3) is 4.98. The van der Waals surface area contributed by atoms with Crippen molar-refractivity contribution < 1.29 is 14.4 Å². The maximum absolute atomic E-state index is 13.0. The number of benzene rings is 1. The fourth-order valence-corrected chi connectivity index (χ4v) is 4.58. The van der Waals surface area contributed by atoms with E-state index in [1.165, 1.54) is 16.2 Å². The summed E-state index contributed by atoms with van der Waals surface area (Å²) in [5, 5.41) is 2.74. The zero-order valence-corrected chi connectivity index (χ0v) is 18.1. The average Bonchev–Trinajstić information content (AvgIpc) is 3.38. The van der Waals surface area contributed by atoms with Crippen LogP contribution in [-0.4, -0.2) is 44.2 Å². The van der Waals surface area contributed by atoms with E-state index in [1.54, 1.807) is 29.4 Å². The molecule has 0 atom stereocenters. The average molecular weight is 417 g/mol. The number of anilines is 1. The third-order valence-corrected chi connectivity index (χ3v) is 6.58. The SMILES string of the molecule is CC[NH+](CC)CCN(C(=O)/C=C/c1cccs1)c1nc2ccc(OC)cc2s1. The molecule has 0 saturated heterocycles. The first-order chi connectivity index (χ1) is 13.6. The second kappa shape index (κ2) is 9.82. The smallest absolute Gasteiger partial charge is 0.253 e. The number of carbonyl (C=O) groups excluding carboxylic acids is 1. The lowest BCUT2D eigenvalue weighted by Gasteiger charge is -2.21. The van der Waals surface area contributed by atoms with Crippen molar-refractivity contribution >= 4 is 50.0 Å². The number of ether oxygens (including phenoxy) is 1. The lowest BCUT2D eigenvalue weighted by atomic mass is 10.3. The molecule has 7 heteroatoms. The molecule has 2 aromatic heterocycles. The summed E-state index contributed by atoms with van der Waals surface area (Å²) in [4.78, 5) is 22.0. The van der Waals surface area contributed by atoms with Crippen LogP contribution in [0.5, 0.6) is 5.75 Å². The van der Waals surface area contributed by atoms with Gasteiger partial charge < -0.3 is 9.64 Å². The van der Waals surface area contributed by atoms with Crippen LogP contribution in [0.15, 0.2) is 41.8 Å². The maximum atomic E-state index is 13.0. The summed E-state index contributed by atoms with van der Waals surface area (Å²) < 4.78 is 6.33. The van der Waals surface area contributed by atoms with Crippen molar-refractivity contribution in [3.8, 4) is 5.75 Å². The Kier molecular flexibility index (Phi) is 7.19. The predicted molar refractivity (Wildman–Crippen MR) is 119 cm³/mol. The van der Waals surface area contributed by atoms with E-state index in [0.29, 0.717) is 6.54 Å². The molecule has 3 aromatic rings. The number of rotatable bonds is 9. The number of methoxy groups -OCH3 is 1. The number of thiazole rings is 1. The molecule has 1 aromatic carbocycles. The summed E-state index contributed by atoms with van der Waals surface area (Å²) in [5.74, 6) is 0.761. The normalized spacial score (nSPS) is 11.6. The van der Waals surface area contributed by atoms with E-state index >= 15 is 0 Å². The molecule has 148 valence electrons. The van der Waals surface area contributed by atoms with Gasteiger partial charge in [0.1, 0.15) is 5.75 Å². The van der Waals surface area contributed by atoms with Crippen LogP contribution in [0.3, 0.4) is 0 Å². The Hall–Kier alpha value is -2.22. The van der Waals surface area contributed by atoms with Crippen LogP contribution >= 0.6 is 22.7 Å². The summed E-state index contributed by atoms with van der Waals surface area (Å²) in [5.41, 5.74) is 0.885. The lowest BCUT2D eigenvalue weighted by molar-refractivity contribution is -0.894. The Bertz CT molecular complexity index is 930. The van der Waals surface area contributed by atoms with Gasteiger partial charge in [-0.2, -0.15) is 0 Å². The first kappa shape index (κ1) is 20.5. The topological polar surface area (TPSA) is 46.9 Å². The highest BCUT2D eigenvalue weighted by Crippen LogP contribution is 2.31. The van der Waals surface area contributed by atoms with Gasteiger partial charge in [0.2, 0.25) is 0 Å². The summed E-state index contributed by atoms with van der Waals surface area (Å²) in [6.07, 6.45) is 3.52. The first-order valence-electron chi connectivity index (χ1n) is 9.45. The molecule has 3 rings (SSSR count). The number of quaternary nitrogens is 1. The van der Waals surface area contributed by atoms with Crippen molar-refractivity contribution in [2.45, 2.75) is 13.8 Å². The van der Waals surface area contributed by atoms with E-state index in [4.69, 9.17) is 9.72 Å². The van der Waals surface area contributed by atoms with E-state index in [0.717, 1.165) is 45.6 Å². The number of carbonyl (C=O) groups is 1. The van der Waals surface area contributed by atoms with Gasteiger partial charge >= 0.3 is 0 Å². The predicted octanol–water partition coefficient (Wildman–Crippen LogP) is 3.34. The minimum atomic E-state index is -0.0361. The van der Waals surface area contributed by atoms with Crippen LogP contribution in [0.4, 0.5) is 5.13 Å². The van der Waals surface area contributed by atoms with E-state index in [2.05, 4.69) is 13.8 Å². The fraction of sp³-hybridized carbons (Fsp3) is 0.333. The minimum Gasteiger partial charge on any atom is -0.497 e. The van der Waals surface area contributed by atoms with E-state index in [1.807, 2.05) is 41.8 Å². The molecule has 0 bridgehead atoms. The van der Waals surface area contributed by atoms with Crippen LogP contribution in [0.1, 0.15) is 18.7 Å². The zero-order valence-electron chi connectivity index (χ0n) is 16.5. The summed E-state index contributed by atoms with van der Waals surface area (Å²) in [7, 11) is 1.65. The Balaban J connectivity index is 1.87. The Morgan fingerprint density at radius 2 is 2.11 bits per heavy atom. The monoisotopic (exact) mass is 416 g/mol. The molecule has 0 radical (unpaired) electrons. The van der Waals surface area contributed by atoms with Crippen molar-refractivity contribution in [2.75, 3.05) is 38.2 Å². The van der Waals surface area contributed by atoms with Crippen LogP contribution in [0, 0.1) is 0 Å². The highest BCUT2D eigenvalue weighted by atomic mass is 32.1. The quantitative estimate of drug-likeness (QED) is 0.544. The van der Waals surface area contributed by atoms with E-state index in [-0.39, 0.29) is 5.91 Å². The molecule has 0 spiro atoms. The lowest BCUT2D eigenvalue weighted by Crippen LogP contribution is -3.12. The van der Waals surface area contributed by atoms with Gasteiger partial charge in [0.05, 0.1) is 43.5 Å². The highest BCUT2D eigenvalue weighted by Gasteiger charge is 2.20. The molecular formula is C21H26N3O2S2+. The molecule has 1 amide bonds. The standard InChI is InChI=1S/C21H25N3O2S2/c1-4-23(5-2)12-13-24(20(25)11-9-17-7-6-14-27-17)21-22-18-10-8-16(26-3)15-19(18)28-21/h6-11,14-15H,4-5,12-13H2,1-3H3/p+1/b11-9+. The molecule has 2 heterocycles. The van der Waals surface area contributed by atoms with E-state index < -0.39 is 0 Å². The summed E-state index contributed by atoms with van der Waals surface area (Å²) in [6, 6.07) is 9.79. The zero-order chi connectivity index (χ0) is 19.9. The number of likely N-dealkylation sites (N-methyl/N-ethyl adjacent to an activating group) is 1. The van der Waals surface area contributed by atoms with Gasteiger partial charge in [0, 0.05) is 11.0 Å². The molecule has 0 fully saturated rings. The Morgan fingerprint density at radius 3 is 2.79 bits per heavy atom. The number of fused-ring (bicyclic) bond motifs is 1. The number of hydrogen-bond acceptors (Lipinski definition) is 5.